The highest BCUT2D eigenvalue weighted by Crippen LogP contribution is 2.25. The van der Waals surface area contributed by atoms with Crippen molar-refractivity contribution in [2.24, 2.45) is 0 Å². The molecule has 1 saturated heterocycles. The van der Waals surface area contributed by atoms with Crippen LogP contribution in [-0.2, 0) is 9.53 Å². The van der Waals surface area contributed by atoms with Crippen molar-refractivity contribution in [2.75, 3.05) is 25.0 Å². The Bertz CT molecular complexity index is 486. The van der Waals surface area contributed by atoms with E-state index in [1.807, 2.05) is 13.8 Å². The molecule has 1 aromatic carbocycles. The van der Waals surface area contributed by atoms with E-state index in [1.54, 1.807) is 18.2 Å². The molecule has 2 N–H and O–H groups in total. The molecule has 2 rings (SSSR count). The summed E-state index contributed by atoms with van der Waals surface area (Å²) >= 11 is 11.9. The molecular weight excluding hydrogens is 299 g/mol. The summed E-state index contributed by atoms with van der Waals surface area (Å²) in [6, 6.07) is 5.03. The third kappa shape index (κ3) is 4.35. The van der Waals surface area contributed by atoms with Crippen LogP contribution in [0.25, 0.3) is 0 Å². The van der Waals surface area contributed by atoms with E-state index in [2.05, 4.69) is 5.32 Å². The number of quaternary nitrogens is 1. The van der Waals surface area contributed by atoms with E-state index in [-0.39, 0.29) is 18.1 Å². The van der Waals surface area contributed by atoms with Gasteiger partial charge in [0.1, 0.15) is 25.3 Å². The Hall–Kier alpha value is -0.810. The third-order valence-corrected chi connectivity index (χ3v) is 3.78. The average Bonchev–Trinajstić information content (AvgIpc) is 2.31. The van der Waals surface area contributed by atoms with E-state index in [0.29, 0.717) is 22.3 Å². The second-order valence-corrected chi connectivity index (χ2v) is 6.11. The van der Waals surface area contributed by atoms with Gasteiger partial charge in [-0.15, -0.1) is 0 Å². The van der Waals surface area contributed by atoms with Gasteiger partial charge in [0.25, 0.3) is 5.91 Å². The topological polar surface area (TPSA) is 42.8 Å². The quantitative estimate of drug-likeness (QED) is 0.889. The van der Waals surface area contributed by atoms with Crippen molar-refractivity contribution in [3.8, 4) is 0 Å². The highest BCUT2D eigenvalue weighted by atomic mass is 35.5. The van der Waals surface area contributed by atoms with Gasteiger partial charge in [0.05, 0.1) is 10.7 Å². The van der Waals surface area contributed by atoms with Gasteiger partial charge in [-0.05, 0) is 32.0 Å². The molecule has 0 spiro atoms. The molecule has 1 aliphatic rings. The normalized spacial score (nSPS) is 26.3. The predicted octanol–water partition coefficient (Wildman–Crippen LogP) is 1.62. The number of morpholine rings is 1. The van der Waals surface area contributed by atoms with Crippen LogP contribution in [0.4, 0.5) is 5.69 Å². The van der Waals surface area contributed by atoms with Crippen molar-refractivity contribution < 1.29 is 14.4 Å². The van der Waals surface area contributed by atoms with Crippen LogP contribution < -0.4 is 10.2 Å². The molecule has 1 aliphatic heterocycles. The maximum Gasteiger partial charge on any atom is 0.279 e. The lowest BCUT2D eigenvalue weighted by Gasteiger charge is -2.31. The Morgan fingerprint density at radius 2 is 2.00 bits per heavy atom. The largest absolute Gasteiger partial charge is 0.364 e. The fourth-order valence-corrected chi connectivity index (χ4v) is 3.00. The number of anilines is 1. The lowest BCUT2D eigenvalue weighted by atomic mass is 10.2. The number of hydrogen-bond acceptors (Lipinski definition) is 2. The van der Waals surface area contributed by atoms with Crippen molar-refractivity contribution in [3.05, 3.63) is 28.2 Å². The molecule has 110 valence electrons. The first kappa shape index (κ1) is 15.6. The molecule has 0 radical (unpaired) electrons. The van der Waals surface area contributed by atoms with Crippen LogP contribution in [0.15, 0.2) is 18.2 Å². The number of hydrogen-bond donors (Lipinski definition) is 2. The minimum atomic E-state index is -0.0504. The Kier molecular flexibility index (Phi) is 5.27. The molecule has 1 amide bonds. The Morgan fingerprint density at radius 3 is 2.60 bits per heavy atom. The molecule has 1 unspecified atom stereocenters. The maximum atomic E-state index is 12.1. The van der Waals surface area contributed by atoms with Gasteiger partial charge in [-0.1, -0.05) is 23.2 Å². The van der Waals surface area contributed by atoms with Crippen LogP contribution in [0.3, 0.4) is 0 Å². The number of amides is 1. The third-order valence-electron chi connectivity index (χ3n) is 3.23. The molecule has 0 aromatic heterocycles. The molecule has 0 bridgehead atoms. The number of carbonyl (C=O) groups is 1. The smallest absolute Gasteiger partial charge is 0.279 e. The summed E-state index contributed by atoms with van der Waals surface area (Å²) < 4.78 is 5.66. The Balaban J connectivity index is 1.92. The average molecular weight is 318 g/mol. The number of halogens is 2. The minimum absolute atomic E-state index is 0.0504. The van der Waals surface area contributed by atoms with Crippen LogP contribution in [0.1, 0.15) is 13.8 Å². The molecule has 1 aromatic rings. The van der Waals surface area contributed by atoms with Crippen LogP contribution in [0.2, 0.25) is 10.0 Å². The van der Waals surface area contributed by atoms with E-state index in [0.717, 1.165) is 13.1 Å². The van der Waals surface area contributed by atoms with E-state index in [4.69, 9.17) is 27.9 Å². The number of rotatable bonds is 3. The van der Waals surface area contributed by atoms with Crippen LogP contribution >= 0.6 is 23.2 Å². The molecule has 3 atom stereocenters. The first-order chi connectivity index (χ1) is 9.44. The minimum Gasteiger partial charge on any atom is -0.364 e. The Labute approximate surface area is 129 Å². The van der Waals surface area contributed by atoms with E-state index < -0.39 is 0 Å². The lowest BCUT2D eigenvalue weighted by Crippen LogP contribution is -3.16. The summed E-state index contributed by atoms with van der Waals surface area (Å²) in [5.41, 5.74) is 0.592. The molecule has 1 fully saturated rings. The highest BCUT2D eigenvalue weighted by Gasteiger charge is 2.27. The van der Waals surface area contributed by atoms with Gasteiger partial charge >= 0.3 is 0 Å². The number of ether oxygens (including phenoxy) is 1. The SMILES string of the molecule is C[C@@H]1C[NH+](CC(=O)Nc2ccc(Cl)cc2Cl)C[C@H](C)O1. The zero-order valence-electron chi connectivity index (χ0n) is 11.6. The van der Waals surface area contributed by atoms with Gasteiger partial charge in [0, 0.05) is 5.02 Å². The van der Waals surface area contributed by atoms with Gasteiger partial charge in [-0.3, -0.25) is 4.79 Å². The van der Waals surface area contributed by atoms with Crippen molar-refractivity contribution in [1.29, 1.82) is 0 Å². The second kappa shape index (κ2) is 6.76. The lowest BCUT2D eigenvalue weighted by molar-refractivity contribution is -0.907. The molecule has 0 saturated carbocycles. The fraction of sp³-hybridized carbons (Fsp3) is 0.500. The van der Waals surface area contributed by atoms with E-state index in [9.17, 15) is 4.79 Å². The monoisotopic (exact) mass is 317 g/mol. The summed E-state index contributed by atoms with van der Waals surface area (Å²) in [6.07, 6.45) is 0.362. The standard InChI is InChI=1S/C14H18Cl2N2O2/c1-9-6-18(7-10(2)20-9)8-14(19)17-13-4-3-11(15)5-12(13)16/h3-5,9-10H,6-8H2,1-2H3,(H,17,19)/p+1/t9-,10+. The molecule has 6 heteroatoms. The number of carbonyl (C=O) groups excluding carboxylic acids is 1. The van der Waals surface area contributed by atoms with Gasteiger partial charge in [-0.2, -0.15) is 0 Å². The van der Waals surface area contributed by atoms with Crippen LogP contribution in [0.5, 0.6) is 0 Å². The summed E-state index contributed by atoms with van der Waals surface area (Å²) in [7, 11) is 0. The van der Waals surface area contributed by atoms with Crippen molar-refractivity contribution >= 4 is 34.8 Å². The van der Waals surface area contributed by atoms with Crippen LogP contribution in [-0.4, -0.2) is 37.7 Å². The maximum absolute atomic E-state index is 12.1. The fourth-order valence-electron chi connectivity index (χ4n) is 2.55. The zero-order chi connectivity index (χ0) is 14.7. The van der Waals surface area contributed by atoms with Gasteiger partial charge in [-0.25, -0.2) is 0 Å². The first-order valence-corrected chi connectivity index (χ1v) is 7.43. The van der Waals surface area contributed by atoms with Crippen molar-refractivity contribution in [3.63, 3.8) is 0 Å². The Morgan fingerprint density at radius 1 is 1.35 bits per heavy atom. The van der Waals surface area contributed by atoms with Crippen molar-refractivity contribution in [2.45, 2.75) is 26.1 Å². The second-order valence-electron chi connectivity index (χ2n) is 5.26. The summed E-state index contributed by atoms with van der Waals surface area (Å²) in [5, 5.41) is 3.82. The molecule has 1 heterocycles. The van der Waals surface area contributed by atoms with Gasteiger partial charge in [0.15, 0.2) is 6.54 Å². The molecule has 0 aliphatic carbocycles. The molecular formula is C14H19Cl2N2O2+. The zero-order valence-corrected chi connectivity index (χ0v) is 13.1. The van der Waals surface area contributed by atoms with E-state index in [1.165, 1.54) is 4.90 Å². The van der Waals surface area contributed by atoms with Gasteiger partial charge in [0.2, 0.25) is 0 Å². The molecule has 4 nitrogen and oxygen atoms in total. The molecule has 20 heavy (non-hydrogen) atoms. The summed E-state index contributed by atoms with van der Waals surface area (Å²) in [4.78, 5) is 13.3. The summed E-state index contributed by atoms with van der Waals surface area (Å²) in [6.45, 7) is 6.16. The van der Waals surface area contributed by atoms with Crippen LogP contribution in [0, 0.1) is 0 Å². The number of nitrogens with one attached hydrogen (secondary N) is 2. The van der Waals surface area contributed by atoms with Crippen molar-refractivity contribution in [1.82, 2.24) is 0 Å². The summed E-state index contributed by atoms with van der Waals surface area (Å²) in [5.74, 6) is -0.0504. The first-order valence-electron chi connectivity index (χ1n) is 6.68. The van der Waals surface area contributed by atoms with E-state index >= 15 is 0 Å². The highest BCUT2D eigenvalue weighted by molar-refractivity contribution is 6.36. The van der Waals surface area contributed by atoms with Gasteiger partial charge < -0.3 is 15.0 Å². The number of benzene rings is 1. The predicted molar refractivity (Wildman–Crippen MR) is 80.7 cm³/mol.